The van der Waals surface area contributed by atoms with E-state index in [9.17, 15) is 4.79 Å². The Hall–Kier alpha value is -3.70. The van der Waals surface area contributed by atoms with Crippen molar-refractivity contribution in [2.24, 2.45) is 0 Å². The lowest BCUT2D eigenvalue weighted by Crippen LogP contribution is -1.98. The molecule has 6 heteroatoms. The SMILES string of the molecule is COc1ccc(C2=C/C(=C/c3ccc(OCc4ccccc4Cl)cc3)C(=O)O2)cc1OC. The molecule has 0 aliphatic carbocycles. The lowest BCUT2D eigenvalue weighted by Gasteiger charge is -2.09. The monoisotopic (exact) mass is 448 g/mol. The number of halogens is 1. The van der Waals surface area contributed by atoms with Gasteiger partial charge < -0.3 is 18.9 Å². The Bertz CT molecular complexity index is 1200. The standard InChI is InChI=1S/C26H21ClO5/c1-29-23-12-9-18(14-25(23)30-2)24-15-20(26(28)32-24)13-17-7-10-21(11-8-17)31-16-19-5-3-4-6-22(19)27/h3-15H,16H2,1-2H3/b20-13-. The first-order valence-corrected chi connectivity index (χ1v) is 10.3. The highest BCUT2D eigenvalue weighted by Gasteiger charge is 2.23. The van der Waals surface area contributed by atoms with Crippen LogP contribution in [0.15, 0.2) is 78.4 Å². The number of hydrogen-bond acceptors (Lipinski definition) is 5. The zero-order valence-electron chi connectivity index (χ0n) is 17.6. The van der Waals surface area contributed by atoms with Gasteiger partial charge in [-0.1, -0.05) is 41.9 Å². The zero-order chi connectivity index (χ0) is 22.5. The molecule has 0 atom stereocenters. The van der Waals surface area contributed by atoms with Gasteiger partial charge >= 0.3 is 5.97 Å². The van der Waals surface area contributed by atoms with Crippen molar-refractivity contribution < 1.29 is 23.7 Å². The summed E-state index contributed by atoms with van der Waals surface area (Å²) in [7, 11) is 3.13. The summed E-state index contributed by atoms with van der Waals surface area (Å²) in [6, 6.07) is 20.4. The van der Waals surface area contributed by atoms with E-state index in [1.165, 1.54) is 0 Å². The highest BCUT2D eigenvalue weighted by Crippen LogP contribution is 2.34. The predicted molar refractivity (Wildman–Crippen MR) is 124 cm³/mol. The summed E-state index contributed by atoms with van der Waals surface area (Å²) in [5, 5.41) is 0.672. The molecule has 1 heterocycles. The van der Waals surface area contributed by atoms with Crippen LogP contribution in [0.5, 0.6) is 17.2 Å². The van der Waals surface area contributed by atoms with Crippen molar-refractivity contribution in [1.29, 1.82) is 0 Å². The smallest absolute Gasteiger partial charge is 0.343 e. The third-order valence-corrected chi connectivity index (χ3v) is 5.32. The Morgan fingerprint density at radius 1 is 0.938 bits per heavy atom. The van der Waals surface area contributed by atoms with Crippen LogP contribution in [-0.4, -0.2) is 20.2 Å². The van der Waals surface area contributed by atoms with Gasteiger partial charge in [0, 0.05) is 16.1 Å². The van der Waals surface area contributed by atoms with E-state index in [1.54, 1.807) is 38.5 Å². The van der Waals surface area contributed by atoms with E-state index < -0.39 is 5.97 Å². The highest BCUT2D eigenvalue weighted by atomic mass is 35.5. The maximum atomic E-state index is 12.4. The summed E-state index contributed by atoms with van der Waals surface area (Å²) in [6.45, 7) is 0.379. The maximum absolute atomic E-state index is 12.4. The van der Waals surface area contributed by atoms with Crippen molar-refractivity contribution >= 4 is 29.4 Å². The largest absolute Gasteiger partial charge is 0.493 e. The second kappa shape index (κ2) is 9.62. The summed E-state index contributed by atoms with van der Waals surface area (Å²) in [5.74, 6) is 1.93. The van der Waals surface area contributed by atoms with Gasteiger partial charge in [-0.25, -0.2) is 4.79 Å². The van der Waals surface area contributed by atoms with Gasteiger partial charge in [-0.15, -0.1) is 0 Å². The molecule has 4 rings (SSSR count). The first-order chi connectivity index (χ1) is 15.6. The lowest BCUT2D eigenvalue weighted by atomic mass is 10.1. The molecule has 162 valence electrons. The average Bonchev–Trinajstić information content (AvgIpc) is 3.19. The van der Waals surface area contributed by atoms with Gasteiger partial charge in [0.2, 0.25) is 0 Å². The Morgan fingerprint density at radius 2 is 1.69 bits per heavy atom. The third kappa shape index (κ3) is 4.79. The fourth-order valence-corrected chi connectivity index (χ4v) is 3.43. The fourth-order valence-electron chi connectivity index (χ4n) is 3.24. The molecule has 0 saturated carbocycles. The number of methoxy groups -OCH3 is 2. The predicted octanol–water partition coefficient (Wildman–Crippen LogP) is 5.92. The summed E-state index contributed by atoms with van der Waals surface area (Å²) >= 11 is 6.16. The van der Waals surface area contributed by atoms with Gasteiger partial charge in [-0.2, -0.15) is 0 Å². The topological polar surface area (TPSA) is 54.0 Å². The number of cyclic esters (lactones) is 1. The number of ether oxygens (including phenoxy) is 4. The molecule has 5 nitrogen and oxygen atoms in total. The van der Waals surface area contributed by atoms with Gasteiger partial charge in [-0.3, -0.25) is 0 Å². The van der Waals surface area contributed by atoms with Crippen molar-refractivity contribution in [3.8, 4) is 17.2 Å². The van der Waals surface area contributed by atoms with Crippen LogP contribution >= 0.6 is 11.6 Å². The Kier molecular flexibility index (Phi) is 6.47. The summed E-state index contributed by atoms with van der Waals surface area (Å²) in [4.78, 5) is 12.4. The van der Waals surface area contributed by atoms with Crippen molar-refractivity contribution in [2.75, 3.05) is 14.2 Å². The molecule has 0 radical (unpaired) electrons. The van der Waals surface area contributed by atoms with Crippen molar-refractivity contribution in [3.63, 3.8) is 0 Å². The van der Waals surface area contributed by atoms with Gasteiger partial charge in [-0.05, 0) is 54.1 Å². The second-order valence-electron chi connectivity index (χ2n) is 7.02. The number of carbonyl (C=O) groups is 1. The first-order valence-electron chi connectivity index (χ1n) is 9.91. The van der Waals surface area contributed by atoms with Crippen LogP contribution in [0.3, 0.4) is 0 Å². The molecular weight excluding hydrogens is 428 g/mol. The van der Waals surface area contributed by atoms with E-state index in [1.807, 2.05) is 54.6 Å². The zero-order valence-corrected chi connectivity index (χ0v) is 18.4. The van der Waals surface area contributed by atoms with Crippen molar-refractivity contribution in [3.05, 3.63) is 100 Å². The highest BCUT2D eigenvalue weighted by molar-refractivity contribution is 6.31. The minimum Gasteiger partial charge on any atom is -0.493 e. The molecule has 1 aliphatic rings. The molecule has 32 heavy (non-hydrogen) atoms. The number of esters is 1. The van der Waals surface area contributed by atoms with Gasteiger partial charge in [0.25, 0.3) is 0 Å². The molecule has 0 unspecified atom stereocenters. The van der Waals surface area contributed by atoms with Crippen LogP contribution in [0.2, 0.25) is 5.02 Å². The molecule has 1 aliphatic heterocycles. The molecule has 0 N–H and O–H groups in total. The van der Waals surface area contributed by atoms with Crippen LogP contribution in [-0.2, 0) is 16.1 Å². The quantitative estimate of drug-likeness (QED) is 0.332. The van der Waals surface area contributed by atoms with Crippen LogP contribution in [0, 0.1) is 0 Å². The molecule has 0 amide bonds. The molecule has 0 spiro atoms. The molecule has 0 fully saturated rings. The Balaban J connectivity index is 1.48. The Morgan fingerprint density at radius 3 is 2.41 bits per heavy atom. The molecule has 3 aromatic carbocycles. The van der Waals surface area contributed by atoms with E-state index in [4.69, 9.17) is 30.5 Å². The number of rotatable bonds is 7. The van der Waals surface area contributed by atoms with E-state index in [0.717, 1.165) is 16.7 Å². The number of carbonyl (C=O) groups excluding carboxylic acids is 1. The molecular formula is C26H21ClO5. The van der Waals surface area contributed by atoms with Gasteiger partial charge in [0.05, 0.1) is 19.8 Å². The van der Waals surface area contributed by atoms with E-state index >= 15 is 0 Å². The number of benzene rings is 3. The van der Waals surface area contributed by atoms with Crippen molar-refractivity contribution in [1.82, 2.24) is 0 Å². The summed E-state index contributed by atoms with van der Waals surface area (Å²) < 4.78 is 21.8. The van der Waals surface area contributed by atoms with Gasteiger partial charge in [0.15, 0.2) is 11.5 Å². The molecule has 0 bridgehead atoms. The van der Waals surface area contributed by atoms with E-state index in [0.29, 0.717) is 40.2 Å². The third-order valence-electron chi connectivity index (χ3n) is 4.95. The first kappa shape index (κ1) is 21.5. The fraction of sp³-hybridized carbons (Fsp3) is 0.115. The molecule has 3 aromatic rings. The average molecular weight is 449 g/mol. The maximum Gasteiger partial charge on any atom is 0.343 e. The summed E-state index contributed by atoms with van der Waals surface area (Å²) in [5.41, 5.74) is 2.95. The normalized spacial score (nSPS) is 14.2. The van der Waals surface area contributed by atoms with Gasteiger partial charge in [0.1, 0.15) is 18.1 Å². The van der Waals surface area contributed by atoms with Crippen molar-refractivity contribution in [2.45, 2.75) is 6.61 Å². The number of hydrogen-bond donors (Lipinski definition) is 0. The minimum atomic E-state index is -0.408. The van der Waals surface area contributed by atoms with E-state index in [2.05, 4.69) is 0 Å². The summed E-state index contributed by atoms with van der Waals surface area (Å²) in [6.07, 6.45) is 3.49. The second-order valence-corrected chi connectivity index (χ2v) is 7.42. The molecule has 0 aromatic heterocycles. The minimum absolute atomic E-state index is 0.379. The molecule has 0 saturated heterocycles. The van der Waals surface area contributed by atoms with Crippen LogP contribution in [0.25, 0.3) is 11.8 Å². The van der Waals surface area contributed by atoms with E-state index in [-0.39, 0.29) is 0 Å². The van der Waals surface area contributed by atoms with Crippen LogP contribution < -0.4 is 14.2 Å². The van der Waals surface area contributed by atoms with Crippen LogP contribution in [0.4, 0.5) is 0 Å². The lowest BCUT2D eigenvalue weighted by molar-refractivity contribution is -0.130. The van der Waals surface area contributed by atoms with Crippen LogP contribution in [0.1, 0.15) is 16.7 Å². The Labute approximate surface area is 191 Å².